The number of carbonyl (C=O) groups is 1. The van der Waals surface area contributed by atoms with Crippen molar-refractivity contribution in [1.29, 1.82) is 0 Å². The van der Waals surface area contributed by atoms with Gasteiger partial charge in [0.2, 0.25) is 0 Å². The third-order valence-electron chi connectivity index (χ3n) is 2.42. The molecule has 0 radical (unpaired) electrons. The first-order valence-electron chi connectivity index (χ1n) is 8.34. The molecule has 0 N–H and O–H groups in total. The molecule has 0 heterocycles. The minimum Gasteiger partial charge on any atom is -0.469 e. The Hall–Kier alpha value is -0.482. The average Bonchev–Trinajstić information content (AvgIpc) is 2.29. The molecule has 144 valence electrons. The largest absolute Gasteiger partial charge is 0.589 e. The fourth-order valence-corrected chi connectivity index (χ4v) is 13.6. The van der Waals surface area contributed by atoms with Gasteiger partial charge in [-0.05, 0) is 65.8 Å². The van der Waals surface area contributed by atoms with Gasteiger partial charge in [0.15, 0.2) is 30.7 Å². The van der Waals surface area contributed by atoms with Crippen LogP contribution in [0.3, 0.4) is 0 Å². The van der Waals surface area contributed by atoms with Crippen molar-refractivity contribution in [3.8, 4) is 12.3 Å². The van der Waals surface area contributed by atoms with Crippen LogP contribution in [0.4, 0.5) is 0 Å². The highest BCUT2D eigenvalue weighted by molar-refractivity contribution is 6.87. The zero-order valence-electron chi connectivity index (χ0n) is 17.4. The smallest absolute Gasteiger partial charge is 0.469 e. The Morgan fingerprint density at radius 1 is 0.920 bits per heavy atom. The summed E-state index contributed by atoms with van der Waals surface area (Å²) in [6.45, 7) is 23.4. The first-order chi connectivity index (χ1) is 10.9. The quantitative estimate of drug-likeness (QED) is 0.320. The van der Waals surface area contributed by atoms with E-state index in [1.807, 2.05) is 58.9 Å². The van der Waals surface area contributed by atoms with E-state index < -0.39 is 45.5 Å². The molecule has 25 heavy (non-hydrogen) atoms. The lowest BCUT2D eigenvalue weighted by Gasteiger charge is -2.42. The first-order valence-corrected chi connectivity index (χ1v) is 20.4. The third-order valence-corrected chi connectivity index (χ3v) is 12.2. The molecule has 0 fully saturated rings. The van der Waals surface area contributed by atoms with Gasteiger partial charge in [0.05, 0.1) is 0 Å². The molecule has 0 aromatic heterocycles. The lowest BCUT2D eigenvalue weighted by atomic mass is 10.4. The van der Waals surface area contributed by atoms with Crippen molar-refractivity contribution in [3.63, 3.8) is 0 Å². The second-order valence-electron chi connectivity index (χ2n) is 8.98. The molecule has 0 aliphatic heterocycles. The highest BCUT2D eigenvalue weighted by Crippen LogP contribution is 2.29. The summed E-state index contributed by atoms with van der Waals surface area (Å²) in [4.78, 5) is 12.4. The molecule has 0 rings (SSSR count). The normalized spacial score (nSPS) is 14.6. The molecular weight excluding hydrogens is 385 g/mol. The summed E-state index contributed by atoms with van der Waals surface area (Å²) in [7, 11) is -9.99. The molecule has 0 spiro atoms. The van der Waals surface area contributed by atoms with E-state index in [0.717, 1.165) is 0 Å². The van der Waals surface area contributed by atoms with Crippen LogP contribution in [0.2, 0.25) is 58.9 Å². The average molecular weight is 419 g/mol. The van der Waals surface area contributed by atoms with E-state index in [4.69, 9.17) is 23.5 Å². The van der Waals surface area contributed by atoms with Gasteiger partial charge in [-0.2, -0.15) is 0 Å². The van der Waals surface area contributed by atoms with Crippen molar-refractivity contribution in [2.45, 2.75) is 71.6 Å². The molecule has 0 aromatic carbocycles. The van der Waals surface area contributed by atoms with E-state index in [2.05, 4.69) is 12.5 Å². The van der Waals surface area contributed by atoms with E-state index in [-0.39, 0.29) is 5.57 Å². The Morgan fingerprint density at radius 2 is 1.32 bits per heavy atom. The number of terminal acetylenes is 1. The number of carbonyl (C=O) groups excluding carboxylic acids is 1. The molecule has 0 saturated heterocycles. The fraction of sp³-hybridized carbons (Fsp3) is 0.688. The zero-order valence-corrected chi connectivity index (χ0v) is 21.4. The van der Waals surface area contributed by atoms with Crippen LogP contribution in [0.25, 0.3) is 0 Å². The Labute approximate surface area is 157 Å². The monoisotopic (exact) mass is 418 g/mol. The Morgan fingerprint density at radius 3 is 1.56 bits per heavy atom. The molecule has 0 amide bonds. The van der Waals surface area contributed by atoms with Crippen LogP contribution in [-0.2, 0) is 21.9 Å². The summed E-state index contributed by atoms with van der Waals surface area (Å²) in [5.41, 5.74) is -0.542. The van der Waals surface area contributed by atoms with Crippen LogP contribution in [-0.4, -0.2) is 45.5 Å². The molecule has 0 aliphatic rings. The van der Waals surface area contributed by atoms with Crippen molar-refractivity contribution >= 4 is 39.7 Å². The van der Waals surface area contributed by atoms with Crippen molar-refractivity contribution in [2.75, 3.05) is 0 Å². The van der Waals surface area contributed by atoms with E-state index in [1.54, 1.807) is 6.92 Å². The number of rotatable bonds is 9. The molecule has 0 bridgehead atoms. The SMILES string of the molecule is C#CC(O[Si](C)(C)C)[Si](OC(=O)C(=C)C)(O[Si](C)(C)C)O[Si](C)(C)C. The lowest BCUT2D eigenvalue weighted by Crippen LogP contribution is -2.66. The minimum absolute atomic E-state index is 0.277. The minimum atomic E-state index is -3.64. The summed E-state index contributed by atoms with van der Waals surface area (Å²) < 4.78 is 24.8. The lowest BCUT2D eigenvalue weighted by molar-refractivity contribution is -0.133. The van der Waals surface area contributed by atoms with Gasteiger partial charge in [-0.25, -0.2) is 4.79 Å². The third kappa shape index (κ3) is 9.69. The summed E-state index contributed by atoms with van der Waals surface area (Å²) in [5.74, 6) is 2.10. The van der Waals surface area contributed by atoms with Crippen LogP contribution >= 0.6 is 0 Å². The highest BCUT2D eigenvalue weighted by Gasteiger charge is 2.59. The second-order valence-corrected chi connectivity index (χ2v) is 25.5. The van der Waals surface area contributed by atoms with Crippen LogP contribution < -0.4 is 0 Å². The maximum Gasteiger partial charge on any atom is 0.589 e. The maximum absolute atomic E-state index is 12.4. The van der Waals surface area contributed by atoms with Crippen LogP contribution in [0.5, 0.6) is 0 Å². The molecule has 5 nitrogen and oxygen atoms in total. The molecule has 9 heteroatoms. The predicted octanol–water partition coefficient (Wildman–Crippen LogP) is 4.14. The number of hydrogen-bond acceptors (Lipinski definition) is 5. The molecule has 0 aromatic rings. The second kappa shape index (κ2) is 8.47. The first kappa shape index (κ1) is 24.5. The Balaban J connectivity index is 6.26. The van der Waals surface area contributed by atoms with E-state index in [1.165, 1.54) is 0 Å². The van der Waals surface area contributed by atoms with Crippen LogP contribution in [0.15, 0.2) is 12.2 Å². The van der Waals surface area contributed by atoms with E-state index in [0.29, 0.717) is 0 Å². The van der Waals surface area contributed by atoms with E-state index >= 15 is 0 Å². The molecule has 1 unspecified atom stereocenters. The van der Waals surface area contributed by atoms with E-state index in [9.17, 15) is 4.79 Å². The zero-order chi connectivity index (χ0) is 20.3. The summed E-state index contributed by atoms with van der Waals surface area (Å²) in [6, 6.07) is 0. The van der Waals surface area contributed by atoms with Gasteiger partial charge in [-0.3, -0.25) is 0 Å². The van der Waals surface area contributed by atoms with Crippen LogP contribution in [0, 0.1) is 12.3 Å². The Kier molecular flexibility index (Phi) is 8.31. The maximum atomic E-state index is 12.4. The van der Waals surface area contributed by atoms with Gasteiger partial charge in [-0.1, -0.05) is 12.5 Å². The standard InChI is InChI=1S/C16H34O5Si4/c1-13-15(18-22(4,5)6)25(20-23(7,8)9,21-24(10,11)12)19-16(17)14(2)3/h1,15H,2H2,3-12H3. The van der Waals surface area contributed by atoms with Gasteiger partial charge >= 0.3 is 14.8 Å². The predicted molar refractivity (Wildman–Crippen MR) is 113 cm³/mol. The van der Waals surface area contributed by atoms with Gasteiger partial charge in [0.25, 0.3) is 0 Å². The summed E-state index contributed by atoms with van der Waals surface area (Å²) >= 11 is 0. The summed E-state index contributed by atoms with van der Waals surface area (Å²) in [6.07, 6.45) is 5.79. The Bertz CT molecular complexity index is 519. The summed E-state index contributed by atoms with van der Waals surface area (Å²) in [5, 5.41) is 0. The number of hydrogen-bond donors (Lipinski definition) is 0. The van der Waals surface area contributed by atoms with Gasteiger partial charge < -0.3 is 17.1 Å². The molecule has 0 saturated carbocycles. The van der Waals surface area contributed by atoms with Crippen LogP contribution in [0.1, 0.15) is 6.92 Å². The van der Waals surface area contributed by atoms with Gasteiger partial charge in [-0.15, -0.1) is 6.42 Å². The topological polar surface area (TPSA) is 54.0 Å². The molecular formula is C16H34O5Si4. The highest BCUT2D eigenvalue weighted by atomic mass is 28.5. The van der Waals surface area contributed by atoms with Crippen molar-refractivity contribution < 1.29 is 21.9 Å². The van der Waals surface area contributed by atoms with Gasteiger partial charge in [0, 0.05) is 5.57 Å². The van der Waals surface area contributed by atoms with Gasteiger partial charge in [0.1, 0.15) is 0 Å². The fourth-order valence-electron chi connectivity index (χ4n) is 1.85. The van der Waals surface area contributed by atoms with Crippen molar-refractivity contribution in [2.24, 2.45) is 0 Å². The molecule has 0 aliphatic carbocycles. The van der Waals surface area contributed by atoms with Crippen molar-refractivity contribution in [3.05, 3.63) is 12.2 Å². The molecule has 1 atom stereocenters. The van der Waals surface area contributed by atoms with Crippen molar-refractivity contribution in [1.82, 2.24) is 0 Å².